The van der Waals surface area contributed by atoms with Gasteiger partial charge in [-0.15, -0.1) is 0 Å². The summed E-state index contributed by atoms with van der Waals surface area (Å²) in [5, 5.41) is 19.7. The van der Waals surface area contributed by atoms with Crippen molar-refractivity contribution < 1.29 is 19.7 Å². The van der Waals surface area contributed by atoms with E-state index < -0.39 is 0 Å². The maximum Gasteiger partial charge on any atom is 0.307 e. The van der Waals surface area contributed by atoms with E-state index in [4.69, 9.17) is 14.5 Å². The van der Waals surface area contributed by atoms with Crippen LogP contribution in [0.1, 0.15) is 82.1 Å². The van der Waals surface area contributed by atoms with Crippen molar-refractivity contribution in [3.8, 4) is 23.3 Å². The number of H-pyrrole nitrogens is 2. The number of aromatic amines is 2. The Hall–Kier alpha value is -5.20. The van der Waals surface area contributed by atoms with E-state index in [-0.39, 0.29) is 21.5 Å². The summed E-state index contributed by atoms with van der Waals surface area (Å²) < 4.78 is 12.0. The first kappa shape index (κ1) is 36.6. The molecular formula is C40H42N4O6S2. The Labute approximate surface area is 309 Å². The van der Waals surface area contributed by atoms with Crippen LogP contribution in [0.5, 0.6) is 23.3 Å². The van der Waals surface area contributed by atoms with Gasteiger partial charge >= 0.3 is 9.75 Å². The topological polar surface area (TPSA) is 150 Å². The molecule has 0 radical (unpaired) electrons. The second-order valence-corrected chi connectivity index (χ2v) is 15.1. The van der Waals surface area contributed by atoms with E-state index in [2.05, 4.69) is 53.1 Å². The molecule has 0 spiro atoms. The Morgan fingerprint density at radius 3 is 1.77 bits per heavy atom. The van der Waals surface area contributed by atoms with E-state index in [1.54, 1.807) is 0 Å². The van der Waals surface area contributed by atoms with Crippen LogP contribution in [0, 0.1) is 0 Å². The molecule has 12 heteroatoms. The van der Waals surface area contributed by atoms with Crippen LogP contribution in [-0.2, 0) is 25.7 Å². The lowest BCUT2D eigenvalue weighted by molar-refractivity contribution is 0.320. The number of benzene rings is 2. The Morgan fingerprint density at radius 2 is 1.23 bits per heavy atom. The monoisotopic (exact) mass is 738 g/mol. The van der Waals surface area contributed by atoms with Crippen molar-refractivity contribution in [1.82, 2.24) is 19.9 Å². The molecule has 0 fully saturated rings. The summed E-state index contributed by atoms with van der Waals surface area (Å²) in [6.07, 6.45) is 6.28. The van der Waals surface area contributed by atoms with Crippen LogP contribution in [0.4, 0.5) is 0 Å². The molecule has 0 saturated carbocycles. The quantitative estimate of drug-likeness (QED) is 0.0752. The minimum Gasteiger partial charge on any atom is -0.494 e. The fourth-order valence-corrected chi connectivity index (χ4v) is 7.45. The second-order valence-electron chi connectivity index (χ2n) is 12.9. The predicted molar refractivity (Wildman–Crippen MR) is 205 cm³/mol. The van der Waals surface area contributed by atoms with Crippen molar-refractivity contribution in [3.63, 3.8) is 0 Å². The highest BCUT2D eigenvalue weighted by molar-refractivity contribution is 7.09. The van der Waals surface area contributed by atoms with Crippen LogP contribution < -0.4 is 19.2 Å². The minimum absolute atomic E-state index is 0.0630. The number of nitrogens with one attached hydrogen (secondary N) is 2. The van der Waals surface area contributed by atoms with Gasteiger partial charge in [0.05, 0.1) is 23.0 Å². The molecule has 2 unspecified atom stereocenters. The van der Waals surface area contributed by atoms with Gasteiger partial charge < -0.3 is 19.7 Å². The molecule has 0 bridgehead atoms. The lowest BCUT2D eigenvalue weighted by Crippen LogP contribution is -2.07. The molecule has 4 aromatic heterocycles. The third kappa shape index (κ3) is 10.2. The molecule has 10 nitrogen and oxygen atoms in total. The maximum atomic E-state index is 11.4. The molecule has 270 valence electrons. The molecular weight excluding hydrogens is 697 g/mol. The van der Waals surface area contributed by atoms with Crippen molar-refractivity contribution in [2.75, 3.05) is 13.2 Å². The lowest BCUT2D eigenvalue weighted by Gasteiger charge is -2.17. The van der Waals surface area contributed by atoms with E-state index in [0.29, 0.717) is 60.5 Å². The van der Waals surface area contributed by atoms with E-state index >= 15 is 0 Å². The normalized spacial score (nSPS) is 12.4. The van der Waals surface area contributed by atoms with Crippen LogP contribution in [0.15, 0.2) is 94.6 Å². The predicted octanol–water partition coefficient (Wildman–Crippen LogP) is 7.50. The van der Waals surface area contributed by atoms with Crippen LogP contribution in [0.2, 0.25) is 0 Å². The Bertz CT molecular complexity index is 2020. The van der Waals surface area contributed by atoms with E-state index in [0.717, 1.165) is 75.2 Å². The zero-order chi connectivity index (χ0) is 36.5. The number of aromatic hydroxyl groups is 2. The summed E-state index contributed by atoms with van der Waals surface area (Å²) in [6.45, 7) is 5.51. The minimum atomic E-state index is -0.260. The van der Waals surface area contributed by atoms with Crippen molar-refractivity contribution in [2.24, 2.45) is 0 Å². The highest BCUT2D eigenvalue weighted by Crippen LogP contribution is 2.28. The summed E-state index contributed by atoms with van der Waals surface area (Å²) in [5.41, 5.74) is 6.32. The van der Waals surface area contributed by atoms with Crippen molar-refractivity contribution in [2.45, 2.75) is 64.2 Å². The van der Waals surface area contributed by atoms with Crippen LogP contribution in [0.3, 0.4) is 0 Å². The van der Waals surface area contributed by atoms with Gasteiger partial charge in [0.1, 0.15) is 11.5 Å². The van der Waals surface area contributed by atoms with Crippen LogP contribution >= 0.6 is 22.7 Å². The SMILES string of the molecule is CC(CCC(C)c1cccc(CCOc2ccc(Cc3sc(=O)[nH]c3O)cc2)n1)c1ccnc(CCOc2ccc(Cc3sc(=O)[nH]c3O)cc2)c1. The van der Waals surface area contributed by atoms with Gasteiger partial charge in [-0.2, -0.15) is 0 Å². The summed E-state index contributed by atoms with van der Waals surface area (Å²) in [7, 11) is 0. The largest absolute Gasteiger partial charge is 0.494 e. The van der Waals surface area contributed by atoms with Crippen LogP contribution in [0.25, 0.3) is 0 Å². The summed E-state index contributed by atoms with van der Waals surface area (Å²) in [5.74, 6) is 2.09. The molecule has 0 amide bonds. The molecule has 4 heterocycles. The zero-order valence-electron chi connectivity index (χ0n) is 29.1. The molecule has 2 atom stereocenters. The molecule has 0 aliphatic heterocycles. The standard InChI is InChI=1S/C40H42N4O6S2/c1-25(29-16-19-41-31(24-29)18-21-50-33-14-10-28(11-15-33)23-36-38(46)44-40(48)52-36)6-7-26(2)34-5-3-4-30(42-34)17-20-49-32-12-8-27(9-13-32)22-35-37(45)43-39(47)51-35/h3-5,8-16,19,24-26,45-46H,6-7,17-18,20-23H2,1-2H3,(H,43,47)(H,44,48). The number of hydrogen-bond donors (Lipinski definition) is 4. The van der Waals surface area contributed by atoms with Gasteiger partial charge in [0.25, 0.3) is 0 Å². The lowest BCUT2D eigenvalue weighted by atomic mass is 9.91. The third-order valence-electron chi connectivity index (χ3n) is 9.01. The number of nitrogens with zero attached hydrogens (tertiary/aromatic N) is 2. The average molecular weight is 739 g/mol. The molecule has 0 aliphatic carbocycles. The van der Waals surface area contributed by atoms with E-state index in [9.17, 15) is 19.8 Å². The second kappa shape index (κ2) is 17.3. The molecule has 2 aromatic carbocycles. The van der Waals surface area contributed by atoms with Crippen molar-refractivity contribution in [1.29, 1.82) is 0 Å². The Morgan fingerprint density at radius 1 is 0.692 bits per heavy atom. The summed E-state index contributed by atoms with van der Waals surface area (Å²) in [4.78, 5) is 37.9. The average Bonchev–Trinajstić information content (AvgIpc) is 3.64. The molecule has 52 heavy (non-hydrogen) atoms. The van der Waals surface area contributed by atoms with Crippen LogP contribution in [-0.4, -0.2) is 43.4 Å². The third-order valence-corrected chi connectivity index (χ3v) is 10.7. The number of rotatable bonds is 17. The highest BCUT2D eigenvalue weighted by atomic mass is 32.1. The number of aromatic nitrogens is 4. The molecule has 6 rings (SSSR count). The fraction of sp³-hybridized carbons (Fsp3) is 0.300. The molecule has 4 N–H and O–H groups in total. The van der Waals surface area contributed by atoms with Gasteiger partial charge in [-0.05, 0) is 89.9 Å². The summed E-state index contributed by atoms with van der Waals surface area (Å²) in [6, 6.07) is 25.9. The Kier molecular flexibility index (Phi) is 12.2. The number of hydrogen-bond acceptors (Lipinski definition) is 10. The van der Waals surface area contributed by atoms with Gasteiger partial charge in [0, 0.05) is 49.0 Å². The van der Waals surface area contributed by atoms with Crippen molar-refractivity contribution >= 4 is 22.7 Å². The first-order valence-corrected chi connectivity index (χ1v) is 19.0. The number of thiazole rings is 2. The first-order valence-electron chi connectivity index (χ1n) is 17.3. The van der Waals surface area contributed by atoms with E-state index in [1.165, 1.54) is 5.56 Å². The number of ether oxygens (including phenoxy) is 2. The summed E-state index contributed by atoms with van der Waals surface area (Å²) >= 11 is 2.04. The molecule has 0 aliphatic rings. The van der Waals surface area contributed by atoms with Gasteiger partial charge in [0.15, 0.2) is 0 Å². The van der Waals surface area contributed by atoms with Gasteiger partial charge in [0.2, 0.25) is 11.8 Å². The zero-order valence-corrected chi connectivity index (χ0v) is 30.8. The van der Waals surface area contributed by atoms with E-state index in [1.807, 2.05) is 60.8 Å². The molecule has 0 saturated heterocycles. The van der Waals surface area contributed by atoms with Gasteiger partial charge in [-0.1, -0.05) is 66.9 Å². The number of pyridine rings is 2. The maximum absolute atomic E-state index is 11.4. The van der Waals surface area contributed by atoms with Gasteiger partial charge in [-0.3, -0.25) is 29.5 Å². The fourth-order valence-electron chi connectivity index (χ4n) is 5.94. The first-order chi connectivity index (χ1) is 25.2. The smallest absolute Gasteiger partial charge is 0.307 e. The van der Waals surface area contributed by atoms with Gasteiger partial charge in [-0.25, -0.2) is 0 Å². The van der Waals surface area contributed by atoms with Crippen molar-refractivity contribution in [3.05, 3.63) is 148 Å². The molecule has 6 aromatic rings. The Balaban J connectivity index is 0.920. The highest BCUT2D eigenvalue weighted by Gasteiger charge is 2.14.